The number of rotatable bonds is 7. The Balaban J connectivity index is 2.02. The number of methoxy groups -OCH3 is 1. The van der Waals surface area contributed by atoms with Gasteiger partial charge in [0.2, 0.25) is 5.16 Å². The van der Waals surface area contributed by atoms with Gasteiger partial charge in [-0.3, -0.25) is 10.1 Å². The molecule has 0 radical (unpaired) electrons. The second-order valence-corrected chi connectivity index (χ2v) is 6.31. The SMILES string of the molecule is CCOc1ccccc1-n1nnnc1Sc1ccc([N+](=O)[O-])cc1C(=O)OC. The monoisotopic (exact) mass is 401 g/mol. The van der Waals surface area contributed by atoms with Crippen LogP contribution in [-0.2, 0) is 4.74 Å². The third-order valence-corrected chi connectivity index (χ3v) is 4.63. The Morgan fingerprint density at radius 1 is 1.29 bits per heavy atom. The van der Waals surface area contributed by atoms with Crippen molar-refractivity contribution in [2.24, 2.45) is 0 Å². The third kappa shape index (κ3) is 3.93. The van der Waals surface area contributed by atoms with Crippen LogP contribution in [-0.4, -0.2) is 44.8 Å². The summed E-state index contributed by atoms with van der Waals surface area (Å²) in [7, 11) is 1.21. The summed E-state index contributed by atoms with van der Waals surface area (Å²) in [5.41, 5.74) is 0.457. The summed E-state index contributed by atoms with van der Waals surface area (Å²) in [6.07, 6.45) is 0. The zero-order valence-electron chi connectivity index (χ0n) is 14.9. The van der Waals surface area contributed by atoms with Crippen LogP contribution in [0.15, 0.2) is 52.5 Å². The zero-order valence-corrected chi connectivity index (χ0v) is 15.8. The van der Waals surface area contributed by atoms with Crippen LogP contribution in [0.3, 0.4) is 0 Å². The van der Waals surface area contributed by atoms with Crippen molar-refractivity contribution in [1.29, 1.82) is 0 Å². The van der Waals surface area contributed by atoms with Crippen LogP contribution >= 0.6 is 11.8 Å². The number of para-hydroxylation sites is 2. The second kappa shape index (κ2) is 8.48. The van der Waals surface area contributed by atoms with Crippen molar-refractivity contribution in [1.82, 2.24) is 20.2 Å². The molecule has 0 spiro atoms. The zero-order chi connectivity index (χ0) is 20.1. The minimum Gasteiger partial charge on any atom is -0.492 e. The van der Waals surface area contributed by atoms with Gasteiger partial charge in [0.05, 0.1) is 24.2 Å². The quantitative estimate of drug-likeness (QED) is 0.334. The first-order valence-electron chi connectivity index (χ1n) is 8.10. The minimum absolute atomic E-state index is 0.0503. The maximum Gasteiger partial charge on any atom is 0.339 e. The number of nitro groups is 1. The van der Waals surface area contributed by atoms with Gasteiger partial charge in [-0.25, -0.2) is 4.79 Å². The van der Waals surface area contributed by atoms with Gasteiger partial charge < -0.3 is 9.47 Å². The first kappa shape index (κ1) is 19.3. The number of esters is 1. The number of aromatic nitrogens is 4. The summed E-state index contributed by atoms with van der Waals surface area (Å²) < 4.78 is 11.8. The topological polar surface area (TPSA) is 122 Å². The molecular weight excluding hydrogens is 386 g/mol. The molecule has 0 amide bonds. The van der Waals surface area contributed by atoms with E-state index in [0.29, 0.717) is 28.1 Å². The Bertz CT molecular complexity index is 1020. The fourth-order valence-electron chi connectivity index (χ4n) is 2.39. The lowest BCUT2D eigenvalue weighted by Crippen LogP contribution is -2.06. The van der Waals surface area contributed by atoms with Gasteiger partial charge in [0.1, 0.15) is 11.4 Å². The summed E-state index contributed by atoms with van der Waals surface area (Å²) in [6, 6.07) is 11.2. The maximum atomic E-state index is 12.1. The number of nitro benzene ring substituents is 1. The smallest absolute Gasteiger partial charge is 0.339 e. The summed E-state index contributed by atoms with van der Waals surface area (Å²) >= 11 is 1.08. The molecule has 0 atom stereocenters. The van der Waals surface area contributed by atoms with E-state index in [1.807, 2.05) is 19.1 Å². The van der Waals surface area contributed by atoms with Crippen LogP contribution < -0.4 is 4.74 Å². The van der Waals surface area contributed by atoms with E-state index in [9.17, 15) is 14.9 Å². The molecule has 28 heavy (non-hydrogen) atoms. The van der Waals surface area contributed by atoms with Gasteiger partial charge in [0.25, 0.3) is 5.69 Å². The molecule has 1 heterocycles. The molecule has 0 unspecified atom stereocenters. The summed E-state index contributed by atoms with van der Waals surface area (Å²) in [5, 5.41) is 23.1. The molecule has 0 N–H and O–H groups in total. The molecule has 144 valence electrons. The van der Waals surface area contributed by atoms with E-state index in [1.165, 1.54) is 23.9 Å². The van der Waals surface area contributed by atoms with Crippen molar-refractivity contribution in [2.45, 2.75) is 17.0 Å². The molecule has 0 fully saturated rings. The predicted octanol–water partition coefficient (Wildman–Crippen LogP) is 2.91. The molecule has 0 aliphatic rings. The Morgan fingerprint density at radius 2 is 2.07 bits per heavy atom. The number of carbonyl (C=O) groups is 1. The number of tetrazole rings is 1. The largest absolute Gasteiger partial charge is 0.492 e. The second-order valence-electron chi connectivity index (χ2n) is 5.31. The lowest BCUT2D eigenvalue weighted by atomic mass is 10.2. The number of nitrogens with zero attached hydrogens (tertiary/aromatic N) is 5. The highest BCUT2D eigenvalue weighted by molar-refractivity contribution is 7.99. The number of hydrogen-bond acceptors (Lipinski definition) is 9. The normalized spacial score (nSPS) is 10.5. The van der Waals surface area contributed by atoms with Crippen LogP contribution in [0.5, 0.6) is 5.75 Å². The number of carbonyl (C=O) groups excluding carboxylic acids is 1. The van der Waals surface area contributed by atoms with Gasteiger partial charge in [-0.2, -0.15) is 4.68 Å². The molecule has 10 nitrogen and oxygen atoms in total. The maximum absolute atomic E-state index is 12.1. The van der Waals surface area contributed by atoms with Crippen molar-refractivity contribution in [3.05, 3.63) is 58.1 Å². The Hall–Kier alpha value is -3.47. The van der Waals surface area contributed by atoms with Gasteiger partial charge >= 0.3 is 5.97 Å². The molecule has 0 saturated heterocycles. The Labute approximate surface area is 163 Å². The number of benzene rings is 2. The van der Waals surface area contributed by atoms with Gasteiger partial charge in [-0.1, -0.05) is 12.1 Å². The van der Waals surface area contributed by atoms with Gasteiger partial charge in [-0.15, -0.1) is 5.10 Å². The summed E-state index contributed by atoms with van der Waals surface area (Å²) in [4.78, 5) is 23.0. The highest BCUT2D eigenvalue weighted by atomic mass is 32.2. The Morgan fingerprint density at radius 3 is 2.79 bits per heavy atom. The Kier molecular flexibility index (Phi) is 5.84. The number of ether oxygens (including phenoxy) is 2. The fourth-order valence-corrected chi connectivity index (χ4v) is 3.28. The average Bonchev–Trinajstić information content (AvgIpc) is 3.16. The molecule has 1 aromatic heterocycles. The van der Waals surface area contributed by atoms with Crippen LogP contribution in [0.25, 0.3) is 5.69 Å². The minimum atomic E-state index is -0.694. The first-order chi connectivity index (χ1) is 13.5. The highest BCUT2D eigenvalue weighted by Crippen LogP contribution is 2.34. The van der Waals surface area contributed by atoms with E-state index in [4.69, 9.17) is 9.47 Å². The number of non-ortho nitro benzene ring substituents is 1. The van der Waals surface area contributed by atoms with Crippen LogP contribution in [0.2, 0.25) is 0 Å². The molecule has 0 bridgehead atoms. The van der Waals surface area contributed by atoms with E-state index in [1.54, 1.807) is 12.1 Å². The summed E-state index contributed by atoms with van der Waals surface area (Å²) in [6.45, 7) is 2.34. The fraction of sp³-hybridized carbons (Fsp3) is 0.176. The van der Waals surface area contributed by atoms with Crippen molar-refractivity contribution >= 4 is 23.4 Å². The van der Waals surface area contributed by atoms with Crippen molar-refractivity contribution in [3.8, 4) is 11.4 Å². The van der Waals surface area contributed by atoms with Gasteiger partial charge in [0.15, 0.2) is 0 Å². The molecule has 3 rings (SSSR count). The van der Waals surface area contributed by atoms with E-state index < -0.39 is 10.9 Å². The number of hydrogen-bond donors (Lipinski definition) is 0. The van der Waals surface area contributed by atoms with Crippen molar-refractivity contribution < 1.29 is 19.2 Å². The molecular formula is C17H15N5O5S. The first-order valence-corrected chi connectivity index (χ1v) is 8.92. The van der Waals surface area contributed by atoms with E-state index in [2.05, 4.69) is 15.5 Å². The van der Waals surface area contributed by atoms with Crippen molar-refractivity contribution in [3.63, 3.8) is 0 Å². The van der Waals surface area contributed by atoms with Crippen molar-refractivity contribution in [2.75, 3.05) is 13.7 Å². The van der Waals surface area contributed by atoms with Crippen LogP contribution in [0.4, 0.5) is 5.69 Å². The van der Waals surface area contributed by atoms with Gasteiger partial charge in [0, 0.05) is 17.0 Å². The van der Waals surface area contributed by atoms with E-state index in [-0.39, 0.29) is 11.3 Å². The molecule has 0 aliphatic heterocycles. The molecule has 11 heteroatoms. The lowest BCUT2D eigenvalue weighted by molar-refractivity contribution is -0.384. The molecule has 3 aromatic rings. The summed E-state index contributed by atoms with van der Waals surface area (Å²) in [5.74, 6) is -0.101. The van der Waals surface area contributed by atoms with Crippen LogP contribution in [0.1, 0.15) is 17.3 Å². The standard InChI is InChI=1S/C17H15N5O5S/c1-3-27-14-7-5-4-6-13(14)21-17(18-19-20-21)28-15-9-8-11(22(24)25)10-12(15)16(23)26-2/h4-10H,3H2,1-2H3. The third-order valence-electron chi connectivity index (χ3n) is 3.61. The van der Waals surface area contributed by atoms with Gasteiger partial charge in [-0.05, 0) is 47.3 Å². The lowest BCUT2D eigenvalue weighted by Gasteiger charge is -2.11. The van der Waals surface area contributed by atoms with E-state index >= 15 is 0 Å². The molecule has 2 aromatic carbocycles. The van der Waals surface area contributed by atoms with E-state index in [0.717, 1.165) is 17.8 Å². The average molecular weight is 401 g/mol. The predicted molar refractivity (Wildman–Crippen MR) is 98.9 cm³/mol. The highest BCUT2D eigenvalue weighted by Gasteiger charge is 2.21. The molecule has 0 aliphatic carbocycles. The van der Waals surface area contributed by atoms with Crippen LogP contribution in [0, 0.1) is 10.1 Å². The molecule has 0 saturated carbocycles.